The van der Waals surface area contributed by atoms with Crippen LogP contribution < -0.4 is 4.90 Å². The monoisotopic (exact) mass is 461 g/mol. The summed E-state index contributed by atoms with van der Waals surface area (Å²) in [6.07, 6.45) is 9.53. The maximum atomic E-state index is 13.1. The Hall–Kier alpha value is -3.22. The summed E-state index contributed by atoms with van der Waals surface area (Å²) in [6.45, 7) is 3.00. The van der Waals surface area contributed by atoms with Gasteiger partial charge >= 0.3 is 5.97 Å². The molecule has 1 unspecified atom stereocenters. The average molecular weight is 462 g/mol. The van der Waals surface area contributed by atoms with Crippen molar-refractivity contribution in [3.8, 4) is 0 Å². The number of nitrogens with zero attached hydrogens (tertiary/aromatic N) is 1. The van der Waals surface area contributed by atoms with Gasteiger partial charge in [0, 0.05) is 36.4 Å². The van der Waals surface area contributed by atoms with E-state index in [1.165, 1.54) is 12.2 Å². The highest BCUT2D eigenvalue weighted by molar-refractivity contribution is 6.07. The van der Waals surface area contributed by atoms with Crippen LogP contribution in [0.1, 0.15) is 32.6 Å². The van der Waals surface area contributed by atoms with Crippen LogP contribution in [0, 0.1) is 5.92 Å². The van der Waals surface area contributed by atoms with E-state index >= 15 is 0 Å². The molecule has 1 aliphatic heterocycles. The van der Waals surface area contributed by atoms with Gasteiger partial charge in [-0.1, -0.05) is 42.5 Å². The summed E-state index contributed by atoms with van der Waals surface area (Å²) in [5.41, 5.74) is 1.52. The molecule has 2 aromatic carbocycles. The molecule has 1 saturated heterocycles. The molecule has 1 amide bonds. The van der Waals surface area contributed by atoms with E-state index in [4.69, 9.17) is 14.2 Å². The van der Waals surface area contributed by atoms with Crippen molar-refractivity contribution < 1.29 is 23.8 Å². The summed E-state index contributed by atoms with van der Waals surface area (Å²) in [7, 11) is 0. The van der Waals surface area contributed by atoms with E-state index in [-0.39, 0.29) is 11.8 Å². The lowest BCUT2D eigenvalue weighted by molar-refractivity contribution is -0.183. The first-order valence-electron chi connectivity index (χ1n) is 11.8. The Balaban J connectivity index is 1.34. The molecule has 0 aromatic heterocycles. The number of amides is 1. The predicted octanol–water partition coefficient (Wildman–Crippen LogP) is 5.33. The third kappa shape index (κ3) is 6.22. The number of hydrogen-bond acceptors (Lipinski definition) is 5. The van der Waals surface area contributed by atoms with Crippen molar-refractivity contribution >= 4 is 23.3 Å². The molecule has 2 aromatic rings. The third-order valence-electron chi connectivity index (χ3n) is 6.08. The Kier molecular flexibility index (Phi) is 7.93. The zero-order valence-electron chi connectivity index (χ0n) is 19.5. The maximum Gasteiger partial charge on any atom is 0.331 e. The first-order valence-corrected chi connectivity index (χ1v) is 11.8. The van der Waals surface area contributed by atoms with Gasteiger partial charge in [0.1, 0.15) is 6.10 Å². The molecule has 6 nitrogen and oxygen atoms in total. The third-order valence-corrected chi connectivity index (χ3v) is 6.08. The van der Waals surface area contributed by atoms with Gasteiger partial charge in [0.05, 0.1) is 13.2 Å². The number of allylic oxidation sites excluding steroid dienone is 1. The molecular weight excluding hydrogens is 430 g/mol. The van der Waals surface area contributed by atoms with Crippen molar-refractivity contribution in [1.29, 1.82) is 0 Å². The normalized spacial score (nSPS) is 20.6. The first-order chi connectivity index (χ1) is 16.5. The molecule has 2 aliphatic rings. The number of esters is 1. The van der Waals surface area contributed by atoms with E-state index in [1.54, 1.807) is 17.9 Å². The molecule has 4 rings (SSSR count). The molecule has 1 saturated carbocycles. The highest BCUT2D eigenvalue weighted by Crippen LogP contribution is 2.39. The minimum absolute atomic E-state index is 0.220. The van der Waals surface area contributed by atoms with E-state index < -0.39 is 17.9 Å². The van der Waals surface area contributed by atoms with Gasteiger partial charge in [0.2, 0.25) is 0 Å². The number of para-hydroxylation sites is 2. The Bertz CT molecular complexity index is 972. The summed E-state index contributed by atoms with van der Waals surface area (Å²) in [6, 6.07) is 18.9. The van der Waals surface area contributed by atoms with Gasteiger partial charge in [-0.2, -0.15) is 0 Å². The predicted molar refractivity (Wildman–Crippen MR) is 130 cm³/mol. The molecule has 1 aliphatic carbocycles. The standard InChI is InChI=1S/C28H31NO5/c1-22(34-27(31)17-15-23-9-8-18-28(21-23)32-19-20-33-28)14-16-26(30)29(24-10-4-2-5-11-24)25-12-6-3-7-13-25/h2-7,10-17,22-23H,8-9,18-21H2,1H3/b16-14+,17-15+/t22-,23?/m1/s1. The zero-order chi connectivity index (χ0) is 23.8. The molecule has 1 heterocycles. The molecule has 0 bridgehead atoms. The van der Waals surface area contributed by atoms with Gasteiger partial charge in [-0.3, -0.25) is 9.69 Å². The average Bonchev–Trinajstić information content (AvgIpc) is 3.30. The second kappa shape index (κ2) is 11.3. The quantitative estimate of drug-likeness (QED) is 0.412. The van der Waals surface area contributed by atoms with Crippen molar-refractivity contribution in [1.82, 2.24) is 0 Å². The summed E-state index contributed by atoms with van der Waals surface area (Å²) in [5, 5.41) is 0. The largest absolute Gasteiger partial charge is 0.455 e. The number of anilines is 2. The highest BCUT2D eigenvalue weighted by Gasteiger charge is 2.40. The number of ether oxygens (including phenoxy) is 3. The summed E-state index contributed by atoms with van der Waals surface area (Å²) < 4.78 is 17.1. The molecule has 0 N–H and O–H groups in total. The van der Waals surface area contributed by atoms with Crippen molar-refractivity contribution in [3.05, 3.63) is 85.0 Å². The van der Waals surface area contributed by atoms with Crippen LogP contribution in [-0.4, -0.2) is 37.0 Å². The molecule has 0 radical (unpaired) electrons. The number of rotatable bonds is 7. The van der Waals surface area contributed by atoms with Crippen LogP contribution in [0.25, 0.3) is 0 Å². The molecule has 34 heavy (non-hydrogen) atoms. The fourth-order valence-corrected chi connectivity index (χ4v) is 4.49. The van der Waals surface area contributed by atoms with Crippen molar-refractivity contribution in [2.24, 2.45) is 5.92 Å². The van der Waals surface area contributed by atoms with Crippen molar-refractivity contribution in [2.45, 2.75) is 44.5 Å². The fourth-order valence-electron chi connectivity index (χ4n) is 4.49. The van der Waals surface area contributed by atoms with Crippen LogP contribution in [0.2, 0.25) is 0 Å². The molecule has 2 fully saturated rings. The topological polar surface area (TPSA) is 65.1 Å². The van der Waals surface area contributed by atoms with Crippen LogP contribution in [0.4, 0.5) is 11.4 Å². The van der Waals surface area contributed by atoms with E-state index in [9.17, 15) is 9.59 Å². The number of hydrogen-bond donors (Lipinski definition) is 0. The number of carbonyl (C=O) groups excluding carboxylic acids is 2. The molecule has 1 spiro atoms. The molecular formula is C28H31NO5. The lowest BCUT2D eigenvalue weighted by Gasteiger charge is -2.35. The number of carbonyl (C=O) groups is 2. The minimum atomic E-state index is -0.548. The molecule has 2 atom stereocenters. The summed E-state index contributed by atoms with van der Waals surface area (Å²) in [5.74, 6) is -0.908. The van der Waals surface area contributed by atoms with Crippen LogP contribution >= 0.6 is 0 Å². The van der Waals surface area contributed by atoms with Gasteiger partial charge in [0.25, 0.3) is 5.91 Å². The Labute approximate surface area is 200 Å². The summed E-state index contributed by atoms with van der Waals surface area (Å²) in [4.78, 5) is 27.0. The van der Waals surface area contributed by atoms with E-state index in [2.05, 4.69) is 0 Å². The van der Waals surface area contributed by atoms with Crippen LogP contribution in [-0.2, 0) is 23.8 Å². The Morgan fingerprint density at radius 2 is 1.62 bits per heavy atom. The van der Waals surface area contributed by atoms with Crippen LogP contribution in [0.5, 0.6) is 0 Å². The second-order valence-corrected chi connectivity index (χ2v) is 8.67. The SMILES string of the molecule is C[C@H](/C=C/C(=O)N(c1ccccc1)c1ccccc1)OC(=O)/C=C/C1CCCC2(C1)OCCO2. The second-order valence-electron chi connectivity index (χ2n) is 8.67. The van der Waals surface area contributed by atoms with E-state index in [0.717, 1.165) is 37.1 Å². The lowest BCUT2D eigenvalue weighted by atomic mass is 9.84. The molecule has 6 heteroatoms. The zero-order valence-corrected chi connectivity index (χ0v) is 19.5. The van der Waals surface area contributed by atoms with Crippen molar-refractivity contribution in [2.75, 3.05) is 18.1 Å². The summed E-state index contributed by atoms with van der Waals surface area (Å²) >= 11 is 0. The maximum absolute atomic E-state index is 13.1. The van der Waals surface area contributed by atoms with Gasteiger partial charge in [0.15, 0.2) is 5.79 Å². The Morgan fingerprint density at radius 3 is 2.24 bits per heavy atom. The van der Waals surface area contributed by atoms with E-state index in [0.29, 0.717) is 13.2 Å². The smallest absolute Gasteiger partial charge is 0.331 e. The van der Waals surface area contributed by atoms with Gasteiger partial charge in [-0.15, -0.1) is 0 Å². The van der Waals surface area contributed by atoms with Crippen LogP contribution in [0.3, 0.4) is 0 Å². The van der Waals surface area contributed by atoms with Crippen molar-refractivity contribution in [3.63, 3.8) is 0 Å². The van der Waals surface area contributed by atoms with Crippen LogP contribution in [0.15, 0.2) is 85.0 Å². The molecule has 178 valence electrons. The first kappa shape index (κ1) is 23.9. The Morgan fingerprint density at radius 1 is 1.00 bits per heavy atom. The minimum Gasteiger partial charge on any atom is -0.455 e. The van der Waals surface area contributed by atoms with E-state index in [1.807, 2.05) is 66.7 Å². The highest BCUT2D eigenvalue weighted by atomic mass is 16.7. The van der Waals surface area contributed by atoms with Gasteiger partial charge < -0.3 is 14.2 Å². The van der Waals surface area contributed by atoms with Gasteiger partial charge in [-0.25, -0.2) is 4.79 Å². The number of benzene rings is 2. The van der Waals surface area contributed by atoms with Gasteiger partial charge in [-0.05, 0) is 56.0 Å². The fraction of sp³-hybridized carbons (Fsp3) is 0.357. The lowest BCUT2D eigenvalue weighted by Crippen LogP contribution is -2.35.